The van der Waals surface area contributed by atoms with E-state index in [1.807, 2.05) is 0 Å². The Kier molecular flexibility index (Phi) is 5.24. The summed E-state index contributed by atoms with van der Waals surface area (Å²) in [6, 6.07) is 7.54. The molecule has 2 aromatic rings. The van der Waals surface area contributed by atoms with Crippen molar-refractivity contribution >= 4 is 44.8 Å². The summed E-state index contributed by atoms with van der Waals surface area (Å²) >= 11 is 11.6. The van der Waals surface area contributed by atoms with Gasteiger partial charge in [0, 0.05) is 18.7 Å². The first kappa shape index (κ1) is 18.3. The fourth-order valence-electron chi connectivity index (χ4n) is 1.89. The number of aromatic hydroxyl groups is 1. The number of sulfonamides is 1. The van der Waals surface area contributed by atoms with Crippen molar-refractivity contribution in [1.82, 2.24) is 5.48 Å². The highest BCUT2D eigenvalue weighted by Crippen LogP contribution is 2.34. The molecule has 2 rings (SSSR count). The molecule has 0 aromatic heterocycles. The fourth-order valence-corrected chi connectivity index (χ4v) is 3.83. The van der Waals surface area contributed by atoms with Crippen LogP contribution in [0, 0.1) is 0 Å². The number of nitrogens with zero attached hydrogens (tertiary/aromatic N) is 1. The number of anilines is 1. The predicted molar refractivity (Wildman–Crippen MR) is 89.4 cm³/mol. The van der Waals surface area contributed by atoms with E-state index in [1.54, 1.807) is 0 Å². The zero-order valence-corrected chi connectivity index (χ0v) is 14.5. The van der Waals surface area contributed by atoms with Crippen LogP contribution in [0.15, 0.2) is 41.3 Å². The van der Waals surface area contributed by atoms with Crippen LogP contribution in [0.5, 0.6) is 5.75 Å². The van der Waals surface area contributed by atoms with Gasteiger partial charge in [0.05, 0.1) is 15.7 Å². The van der Waals surface area contributed by atoms with Crippen LogP contribution >= 0.6 is 23.2 Å². The average Bonchev–Trinajstić information content (AvgIpc) is 2.56. The first-order valence-corrected chi connectivity index (χ1v) is 8.59. The standard InChI is InChI=1S/C14H12Cl2N2O5S/c1-18(9-4-2-8(3-5-9)14(20)17-21)24(22,23)13-7-12(19)10(15)6-11(13)16/h2-7,19,21H,1H3,(H,17,20). The first-order chi connectivity index (χ1) is 11.2. The Balaban J connectivity index is 2.43. The molecule has 10 heteroatoms. The Morgan fingerprint density at radius 3 is 2.25 bits per heavy atom. The maximum atomic E-state index is 12.7. The Morgan fingerprint density at radius 2 is 1.71 bits per heavy atom. The van der Waals surface area contributed by atoms with Gasteiger partial charge < -0.3 is 5.11 Å². The quantitative estimate of drug-likeness (QED) is 0.549. The highest BCUT2D eigenvalue weighted by molar-refractivity contribution is 7.93. The zero-order valence-electron chi connectivity index (χ0n) is 12.2. The highest BCUT2D eigenvalue weighted by atomic mass is 35.5. The summed E-state index contributed by atoms with van der Waals surface area (Å²) in [6.45, 7) is 0. The molecule has 0 spiro atoms. The molecule has 0 aliphatic heterocycles. The molecule has 0 heterocycles. The third-order valence-corrected chi connectivity index (χ3v) is 5.79. The molecule has 24 heavy (non-hydrogen) atoms. The van der Waals surface area contributed by atoms with Gasteiger partial charge in [-0.25, -0.2) is 13.9 Å². The van der Waals surface area contributed by atoms with Crippen LogP contribution in [0.4, 0.5) is 5.69 Å². The SMILES string of the molecule is CN(c1ccc(C(=O)NO)cc1)S(=O)(=O)c1cc(O)c(Cl)cc1Cl. The van der Waals surface area contributed by atoms with E-state index >= 15 is 0 Å². The van der Waals surface area contributed by atoms with E-state index in [4.69, 9.17) is 28.4 Å². The molecule has 0 atom stereocenters. The summed E-state index contributed by atoms with van der Waals surface area (Å²) in [6.07, 6.45) is 0. The van der Waals surface area contributed by atoms with Gasteiger partial charge in [0.15, 0.2) is 0 Å². The molecule has 1 amide bonds. The van der Waals surface area contributed by atoms with Gasteiger partial charge in [0.2, 0.25) is 0 Å². The van der Waals surface area contributed by atoms with Crippen molar-refractivity contribution < 1.29 is 23.5 Å². The number of amides is 1. The number of carbonyl (C=O) groups is 1. The lowest BCUT2D eigenvalue weighted by atomic mass is 10.2. The van der Waals surface area contributed by atoms with E-state index in [0.717, 1.165) is 16.4 Å². The minimum atomic E-state index is -4.07. The van der Waals surface area contributed by atoms with Crippen LogP contribution in [-0.2, 0) is 10.0 Å². The summed E-state index contributed by atoms with van der Waals surface area (Å²) < 4.78 is 26.3. The van der Waals surface area contributed by atoms with E-state index in [1.165, 1.54) is 36.8 Å². The lowest BCUT2D eigenvalue weighted by Crippen LogP contribution is -2.27. The molecule has 0 fully saturated rings. The number of carbonyl (C=O) groups excluding carboxylic acids is 1. The van der Waals surface area contributed by atoms with Crippen molar-refractivity contribution in [3.05, 3.63) is 52.0 Å². The molecule has 0 saturated carbocycles. The van der Waals surface area contributed by atoms with Gasteiger partial charge in [-0.3, -0.25) is 14.3 Å². The third kappa shape index (κ3) is 3.41. The number of nitrogens with one attached hydrogen (secondary N) is 1. The van der Waals surface area contributed by atoms with Crippen molar-refractivity contribution in [2.45, 2.75) is 4.90 Å². The fraction of sp³-hybridized carbons (Fsp3) is 0.0714. The Labute approximate surface area is 148 Å². The Bertz CT molecular complexity index is 885. The van der Waals surface area contributed by atoms with Crippen molar-refractivity contribution in [2.75, 3.05) is 11.4 Å². The number of phenols is 1. The molecule has 0 aliphatic carbocycles. The van der Waals surface area contributed by atoms with Crippen LogP contribution < -0.4 is 9.79 Å². The third-order valence-electron chi connectivity index (χ3n) is 3.23. The number of benzene rings is 2. The smallest absolute Gasteiger partial charge is 0.274 e. The summed E-state index contributed by atoms with van der Waals surface area (Å²) in [7, 11) is -2.78. The maximum Gasteiger partial charge on any atom is 0.274 e. The topological polar surface area (TPSA) is 107 Å². The Hall–Kier alpha value is -2.00. The monoisotopic (exact) mass is 390 g/mol. The van der Waals surface area contributed by atoms with Gasteiger partial charge in [-0.1, -0.05) is 23.2 Å². The maximum absolute atomic E-state index is 12.7. The van der Waals surface area contributed by atoms with E-state index in [2.05, 4.69) is 0 Å². The molecule has 3 N–H and O–H groups in total. The van der Waals surface area contributed by atoms with Crippen LogP contribution in [0.25, 0.3) is 0 Å². The molecule has 0 aliphatic rings. The molecule has 7 nitrogen and oxygen atoms in total. The average molecular weight is 391 g/mol. The second-order valence-electron chi connectivity index (χ2n) is 4.69. The highest BCUT2D eigenvalue weighted by Gasteiger charge is 2.25. The molecule has 0 unspecified atom stereocenters. The second-order valence-corrected chi connectivity index (χ2v) is 7.45. The minimum Gasteiger partial charge on any atom is -0.506 e. The summed E-state index contributed by atoms with van der Waals surface area (Å²) in [5, 5.41) is 18.0. The lowest BCUT2D eigenvalue weighted by molar-refractivity contribution is 0.0706. The number of rotatable bonds is 4. The normalized spacial score (nSPS) is 11.2. The molecular weight excluding hydrogens is 379 g/mol. The molecule has 0 radical (unpaired) electrons. The largest absolute Gasteiger partial charge is 0.506 e. The van der Waals surface area contributed by atoms with E-state index in [9.17, 15) is 18.3 Å². The van der Waals surface area contributed by atoms with Gasteiger partial charge in [-0.2, -0.15) is 0 Å². The molecule has 128 valence electrons. The number of halogens is 2. The minimum absolute atomic E-state index is 0.0685. The Morgan fingerprint density at radius 1 is 1.12 bits per heavy atom. The predicted octanol–water partition coefficient (Wildman–Crippen LogP) is 2.64. The van der Waals surface area contributed by atoms with Crippen LogP contribution in [0.1, 0.15) is 10.4 Å². The molecule has 0 bridgehead atoms. The van der Waals surface area contributed by atoms with Crippen molar-refractivity contribution in [3.8, 4) is 5.75 Å². The molecule has 2 aromatic carbocycles. The van der Waals surface area contributed by atoms with Gasteiger partial charge in [0.25, 0.3) is 15.9 Å². The summed E-state index contributed by atoms with van der Waals surface area (Å²) in [5.74, 6) is -1.14. The van der Waals surface area contributed by atoms with Crippen LogP contribution in [0.3, 0.4) is 0 Å². The number of hydrogen-bond acceptors (Lipinski definition) is 5. The molecular formula is C14H12Cl2N2O5S. The van der Waals surface area contributed by atoms with Crippen molar-refractivity contribution in [3.63, 3.8) is 0 Å². The summed E-state index contributed by atoms with van der Waals surface area (Å²) in [5.41, 5.74) is 1.87. The van der Waals surface area contributed by atoms with E-state index in [0.29, 0.717) is 0 Å². The zero-order chi connectivity index (χ0) is 18.1. The summed E-state index contributed by atoms with van der Waals surface area (Å²) in [4.78, 5) is 11.0. The van der Waals surface area contributed by atoms with Crippen LogP contribution in [0.2, 0.25) is 10.0 Å². The number of hydrogen-bond donors (Lipinski definition) is 3. The number of hydroxylamine groups is 1. The van der Waals surface area contributed by atoms with E-state index < -0.39 is 21.7 Å². The lowest BCUT2D eigenvalue weighted by Gasteiger charge is -2.20. The first-order valence-electron chi connectivity index (χ1n) is 6.40. The van der Waals surface area contributed by atoms with Gasteiger partial charge in [-0.15, -0.1) is 0 Å². The van der Waals surface area contributed by atoms with Crippen molar-refractivity contribution in [1.29, 1.82) is 0 Å². The van der Waals surface area contributed by atoms with Gasteiger partial charge in [-0.05, 0) is 30.3 Å². The van der Waals surface area contributed by atoms with E-state index in [-0.39, 0.29) is 26.2 Å². The number of phenolic OH excluding ortho intramolecular Hbond substituents is 1. The van der Waals surface area contributed by atoms with Gasteiger partial charge >= 0.3 is 0 Å². The second kappa shape index (κ2) is 6.86. The van der Waals surface area contributed by atoms with Gasteiger partial charge in [0.1, 0.15) is 10.6 Å². The van der Waals surface area contributed by atoms with Crippen molar-refractivity contribution in [2.24, 2.45) is 0 Å². The molecule has 0 saturated heterocycles. The van der Waals surface area contributed by atoms with Crippen LogP contribution in [-0.4, -0.2) is 31.7 Å².